The van der Waals surface area contributed by atoms with Gasteiger partial charge >= 0.3 is 0 Å². The van der Waals surface area contributed by atoms with Crippen molar-refractivity contribution in [1.82, 2.24) is 10.2 Å². The molecule has 0 bridgehead atoms. The first kappa shape index (κ1) is 21.0. The number of hydrogen-bond acceptors (Lipinski definition) is 4. The summed E-state index contributed by atoms with van der Waals surface area (Å²) in [5.41, 5.74) is 2.43. The summed E-state index contributed by atoms with van der Waals surface area (Å²) in [6.45, 7) is 3.01. The Hall–Kier alpha value is -2.70. The molecule has 2 aromatic rings. The molecule has 1 fully saturated rings. The van der Waals surface area contributed by atoms with Crippen LogP contribution in [0.3, 0.4) is 0 Å². The topological polar surface area (TPSA) is 70.7 Å². The summed E-state index contributed by atoms with van der Waals surface area (Å²) in [5.74, 6) is -0.287. The normalized spacial score (nSPS) is 16.0. The van der Waals surface area contributed by atoms with E-state index in [-0.39, 0.29) is 17.9 Å². The van der Waals surface area contributed by atoms with E-state index in [1.807, 2.05) is 18.2 Å². The van der Waals surface area contributed by atoms with Crippen LogP contribution in [0.15, 0.2) is 54.6 Å². The minimum Gasteiger partial charge on any atom is -0.368 e. The van der Waals surface area contributed by atoms with Crippen LogP contribution in [0.4, 0.5) is 5.69 Å². The van der Waals surface area contributed by atoms with Crippen LogP contribution in [-0.4, -0.2) is 49.6 Å². The fourth-order valence-corrected chi connectivity index (χ4v) is 3.37. The van der Waals surface area contributed by atoms with Gasteiger partial charge < -0.3 is 20.3 Å². The maximum atomic E-state index is 12.4. The molecule has 1 unspecified atom stereocenters. The molecule has 0 aromatic heterocycles. The lowest BCUT2D eigenvalue weighted by Gasteiger charge is -2.16. The van der Waals surface area contributed by atoms with Crippen LogP contribution in [0, 0.1) is 0 Å². The third-order valence-corrected chi connectivity index (χ3v) is 4.91. The summed E-state index contributed by atoms with van der Waals surface area (Å²) in [7, 11) is 2.08. The highest BCUT2D eigenvalue weighted by molar-refractivity contribution is 5.98. The Morgan fingerprint density at radius 1 is 1.14 bits per heavy atom. The number of carbonyl (C=O) groups excluding carboxylic acids is 2. The Kier molecular flexibility index (Phi) is 7.78. The number of nitrogens with one attached hydrogen (secondary N) is 2. The number of hydrogen-bond donors (Lipinski definition) is 2. The molecular formula is C23H29N3O3. The molecular weight excluding hydrogens is 366 g/mol. The van der Waals surface area contributed by atoms with Crippen LogP contribution < -0.4 is 10.6 Å². The van der Waals surface area contributed by atoms with Gasteiger partial charge in [-0.15, -0.1) is 0 Å². The second kappa shape index (κ2) is 10.7. The molecule has 1 aliphatic rings. The first-order valence-electron chi connectivity index (χ1n) is 10.1. The van der Waals surface area contributed by atoms with Gasteiger partial charge in [-0.3, -0.25) is 9.59 Å². The van der Waals surface area contributed by atoms with E-state index in [2.05, 4.69) is 34.7 Å². The molecule has 6 heteroatoms. The predicted molar refractivity (Wildman–Crippen MR) is 114 cm³/mol. The fourth-order valence-electron chi connectivity index (χ4n) is 3.37. The summed E-state index contributed by atoms with van der Waals surface area (Å²) in [5, 5.41) is 5.78. The van der Waals surface area contributed by atoms with E-state index in [1.54, 1.807) is 24.3 Å². The summed E-state index contributed by atoms with van der Waals surface area (Å²) < 4.78 is 5.39. The van der Waals surface area contributed by atoms with Crippen molar-refractivity contribution in [3.8, 4) is 0 Å². The van der Waals surface area contributed by atoms with Crippen LogP contribution in [0.1, 0.15) is 35.2 Å². The van der Waals surface area contributed by atoms with Crippen LogP contribution in [-0.2, 0) is 16.1 Å². The smallest absolute Gasteiger partial charge is 0.253 e. The zero-order valence-electron chi connectivity index (χ0n) is 16.9. The van der Waals surface area contributed by atoms with E-state index in [9.17, 15) is 9.59 Å². The van der Waals surface area contributed by atoms with Gasteiger partial charge in [0.15, 0.2) is 0 Å². The molecule has 1 heterocycles. The predicted octanol–water partition coefficient (Wildman–Crippen LogP) is 3.06. The van der Waals surface area contributed by atoms with Crippen molar-refractivity contribution in [1.29, 1.82) is 0 Å². The molecule has 2 N–H and O–H groups in total. The summed E-state index contributed by atoms with van der Waals surface area (Å²) in [6, 6.07) is 17.3. The third-order valence-electron chi connectivity index (χ3n) is 4.91. The van der Waals surface area contributed by atoms with E-state index >= 15 is 0 Å². The van der Waals surface area contributed by atoms with Gasteiger partial charge in [-0.05, 0) is 56.6 Å². The molecule has 154 valence electrons. The molecule has 0 saturated carbocycles. The van der Waals surface area contributed by atoms with Crippen molar-refractivity contribution in [2.45, 2.75) is 31.9 Å². The molecule has 1 saturated heterocycles. The number of benzene rings is 2. The fraction of sp³-hybridized carbons (Fsp3) is 0.391. The zero-order chi connectivity index (χ0) is 20.5. The van der Waals surface area contributed by atoms with Crippen LogP contribution >= 0.6 is 0 Å². The van der Waals surface area contributed by atoms with Crippen molar-refractivity contribution < 1.29 is 14.3 Å². The maximum Gasteiger partial charge on any atom is 0.253 e. The van der Waals surface area contributed by atoms with E-state index in [4.69, 9.17) is 4.74 Å². The Morgan fingerprint density at radius 3 is 2.72 bits per heavy atom. The second-order valence-electron chi connectivity index (χ2n) is 7.40. The lowest BCUT2D eigenvalue weighted by molar-refractivity contribution is -0.124. The SMILES string of the molecule is CN(CCCNC(=O)c1cccc(NC(=O)C2CCCO2)c1)Cc1ccccc1. The highest BCUT2D eigenvalue weighted by Gasteiger charge is 2.23. The summed E-state index contributed by atoms with van der Waals surface area (Å²) in [4.78, 5) is 26.8. The van der Waals surface area contributed by atoms with E-state index in [0.717, 1.165) is 32.4 Å². The highest BCUT2D eigenvalue weighted by Crippen LogP contribution is 2.16. The van der Waals surface area contributed by atoms with E-state index in [1.165, 1.54) is 5.56 Å². The van der Waals surface area contributed by atoms with Gasteiger partial charge in [-0.2, -0.15) is 0 Å². The van der Waals surface area contributed by atoms with Gasteiger partial charge in [-0.1, -0.05) is 36.4 Å². The molecule has 0 aliphatic carbocycles. The Labute approximate surface area is 172 Å². The summed E-state index contributed by atoms with van der Waals surface area (Å²) in [6.07, 6.45) is 2.12. The zero-order valence-corrected chi connectivity index (χ0v) is 16.9. The first-order valence-corrected chi connectivity index (χ1v) is 10.1. The van der Waals surface area contributed by atoms with Crippen molar-refractivity contribution in [3.63, 3.8) is 0 Å². The largest absolute Gasteiger partial charge is 0.368 e. The highest BCUT2D eigenvalue weighted by atomic mass is 16.5. The minimum absolute atomic E-state index is 0.135. The van der Waals surface area contributed by atoms with E-state index in [0.29, 0.717) is 24.4 Å². The number of rotatable bonds is 9. The molecule has 6 nitrogen and oxygen atoms in total. The van der Waals surface area contributed by atoms with Gasteiger partial charge in [0, 0.05) is 30.9 Å². The van der Waals surface area contributed by atoms with Crippen LogP contribution in [0.25, 0.3) is 0 Å². The van der Waals surface area contributed by atoms with E-state index < -0.39 is 0 Å². The second-order valence-corrected chi connectivity index (χ2v) is 7.40. The first-order chi connectivity index (χ1) is 14.1. The van der Waals surface area contributed by atoms with Crippen molar-refractivity contribution in [2.75, 3.05) is 32.1 Å². The van der Waals surface area contributed by atoms with Crippen molar-refractivity contribution in [2.24, 2.45) is 0 Å². The van der Waals surface area contributed by atoms with Crippen molar-refractivity contribution >= 4 is 17.5 Å². The van der Waals surface area contributed by atoms with Crippen LogP contribution in [0.5, 0.6) is 0 Å². The van der Waals surface area contributed by atoms with Gasteiger partial charge in [0.2, 0.25) is 0 Å². The molecule has 0 radical (unpaired) electrons. The number of ether oxygens (including phenoxy) is 1. The molecule has 1 aliphatic heterocycles. The van der Waals surface area contributed by atoms with Crippen LogP contribution in [0.2, 0.25) is 0 Å². The number of nitrogens with zero attached hydrogens (tertiary/aromatic N) is 1. The molecule has 1 atom stereocenters. The van der Waals surface area contributed by atoms with Gasteiger partial charge in [0.05, 0.1) is 0 Å². The van der Waals surface area contributed by atoms with Gasteiger partial charge in [0.1, 0.15) is 6.10 Å². The Morgan fingerprint density at radius 2 is 1.97 bits per heavy atom. The molecule has 29 heavy (non-hydrogen) atoms. The monoisotopic (exact) mass is 395 g/mol. The lowest BCUT2D eigenvalue weighted by Crippen LogP contribution is -2.29. The molecule has 3 rings (SSSR count). The lowest BCUT2D eigenvalue weighted by atomic mass is 10.1. The summed E-state index contributed by atoms with van der Waals surface area (Å²) >= 11 is 0. The quantitative estimate of drug-likeness (QED) is 0.640. The Bertz CT molecular complexity index is 804. The average Bonchev–Trinajstić information content (AvgIpc) is 3.27. The number of carbonyl (C=O) groups is 2. The maximum absolute atomic E-state index is 12.4. The average molecular weight is 396 g/mol. The standard InChI is InChI=1S/C23H29N3O3/c1-26(17-18-8-3-2-4-9-18)14-7-13-24-22(27)19-10-5-11-20(16-19)25-23(28)21-12-6-15-29-21/h2-5,8-11,16,21H,6-7,12-15,17H2,1H3,(H,24,27)(H,25,28). The Balaban J connectivity index is 1.40. The minimum atomic E-state index is -0.389. The van der Waals surface area contributed by atoms with Gasteiger partial charge in [0.25, 0.3) is 11.8 Å². The van der Waals surface area contributed by atoms with Gasteiger partial charge in [-0.25, -0.2) is 0 Å². The van der Waals surface area contributed by atoms with Crippen molar-refractivity contribution in [3.05, 3.63) is 65.7 Å². The number of anilines is 1. The third kappa shape index (κ3) is 6.69. The number of amides is 2. The molecule has 2 amide bonds. The molecule has 0 spiro atoms. The molecule has 2 aromatic carbocycles.